The Bertz CT molecular complexity index is 689. The van der Waals surface area contributed by atoms with Gasteiger partial charge in [0.1, 0.15) is 5.82 Å². The molecule has 7 heteroatoms. The van der Waals surface area contributed by atoms with Crippen molar-refractivity contribution in [1.82, 2.24) is 9.88 Å². The zero-order chi connectivity index (χ0) is 16.9. The maximum Gasteiger partial charge on any atom is 0.243 e. The van der Waals surface area contributed by atoms with Crippen molar-refractivity contribution in [2.75, 3.05) is 19.0 Å². The molecule has 0 bridgehead atoms. The summed E-state index contributed by atoms with van der Waals surface area (Å²) in [5.41, 5.74) is 1.82. The molecule has 24 heavy (non-hydrogen) atoms. The molecule has 1 atom stereocenters. The number of halogens is 1. The molecule has 0 unspecified atom stereocenters. The van der Waals surface area contributed by atoms with E-state index in [-0.39, 0.29) is 17.8 Å². The predicted molar refractivity (Wildman–Crippen MR) is 91.3 cm³/mol. The van der Waals surface area contributed by atoms with Gasteiger partial charge in [-0.1, -0.05) is 12.1 Å². The smallest absolute Gasteiger partial charge is 0.243 e. The lowest BCUT2D eigenvalue weighted by atomic mass is 10.1. The Morgan fingerprint density at radius 2 is 2.25 bits per heavy atom. The first-order chi connectivity index (χ1) is 11.7. The molecule has 1 amide bonds. The first-order valence-corrected chi connectivity index (χ1v) is 8.76. The van der Waals surface area contributed by atoms with Gasteiger partial charge in [-0.05, 0) is 37.1 Å². The van der Waals surface area contributed by atoms with Gasteiger partial charge in [-0.3, -0.25) is 9.69 Å². The second-order valence-electron chi connectivity index (χ2n) is 5.82. The maximum absolute atomic E-state index is 13.0. The summed E-state index contributed by atoms with van der Waals surface area (Å²) >= 11 is 1.40. The number of carbonyl (C=O) groups is 1. The van der Waals surface area contributed by atoms with Crippen LogP contribution in [0.2, 0.25) is 0 Å². The first-order valence-electron chi connectivity index (χ1n) is 7.88. The Labute approximate surface area is 144 Å². The third-order valence-corrected chi connectivity index (χ3v) is 4.85. The highest BCUT2D eigenvalue weighted by Crippen LogP contribution is 2.23. The van der Waals surface area contributed by atoms with Gasteiger partial charge in [0.15, 0.2) is 5.13 Å². The lowest BCUT2D eigenvalue weighted by Crippen LogP contribution is -2.39. The van der Waals surface area contributed by atoms with E-state index in [0.29, 0.717) is 18.3 Å². The minimum atomic E-state index is -0.245. The summed E-state index contributed by atoms with van der Waals surface area (Å²) in [6.45, 7) is 1.94. The molecule has 5 nitrogen and oxygen atoms in total. The van der Waals surface area contributed by atoms with Gasteiger partial charge in [-0.2, -0.15) is 0 Å². The average Bonchev–Trinajstić information content (AvgIpc) is 3.19. The molecule has 1 saturated heterocycles. The van der Waals surface area contributed by atoms with E-state index in [0.717, 1.165) is 30.6 Å². The molecule has 2 heterocycles. The van der Waals surface area contributed by atoms with Gasteiger partial charge in [0.2, 0.25) is 5.91 Å². The number of hydrogen-bond donors (Lipinski definition) is 1. The fraction of sp³-hybridized carbons (Fsp3) is 0.412. The van der Waals surface area contributed by atoms with E-state index in [4.69, 9.17) is 4.74 Å². The van der Waals surface area contributed by atoms with Crippen molar-refractivity contribution in [2.45, 2.75) is 32.0 Å². The van der Waals surface area contributed by atoms with E-state index in [2.05, 4.69) is 15.2 Å². The number of ether oxygens (including phenoxy) is 1. The van der Waals surface area contributed by atoms with Crippen LogP contribution in [0.5, 0.6) is 0 Å². The van der Waals surface area contributed by atoms with Crippen molar-refractivity contribution >= 4 is 22.4 Å². The molecule has 1 aliphatic rings. The van der Waals surface area contributed by atoms with Crippen LogP contribution >= 0.6 is 11.3 Å². The van der Waals surface area contributed by atoms with Crippen LogP contribution in [0.4, 0.5) is 9.52 Å². The van der Waals surface area contributed by atoms with Crippen molar-refractivity contribution in [3.8, 4) is 0 Å². The van der Waals surface area contributed by atoms with Crippen LogP contribution in [0, 0.1) is 5.82 Å². The minimum absolute atomic E-state index is 0.0343. The number of benzene rings is 1. The van der Waals surface area contributed by atoms with Gasteiger partial charge >= 0.3 is 0 Å². The quantitative estimate of drug-likeness (QED) is 0.871. The Balaban J connectivity index is 1.61. The first kappa shape index (κ1) is 17.0. The number of nitrogens with zero attached hydrogens (tertiary/aromatic N) is 2. The lowest BCUT2D eigenvalue weighted by Gasteiger charge is -2.23. The normalized spacial score (nSPS) is 18.0. The molecular formula is C17H20FN3O2S. The lowest BCUT2D eigenvalue weighted by molar-refractivity contribution is -0.120. The highest BCUT2D eigenvalue weighted by Gasteiger charge is 2.31. The number of likely N-dealkylation sites (tertiary alicyclic amines) is 1. The molecule has 0 saturated carbocycles. The van der Waals surface area contributed by atoms with Crippen molar-refractivity contribution in [3.05, 3.63) is 46.7 Å². The van der Waals surface area contributed by atoms with Gasteiger partial charge < -0.3 is 10.1 Å². The van der Waals surface area contributed by atoms with Crippen molar-refractivity contribution in [1.29, 1.82) is 0 Å². The highest BCUT2D eigenvalue weighted by atomic mass is 32.1. The predicted octanol–water partition coefficient (Wildman–Crippen LogP) is 3.03. The number of amides is 1. The molecule has 3 rings (SSSR count). The molecular weight excluding hydrogens is 329 g/mol. The molecule has 1 aliphatic heterocycles. The highest BCUT2D eigenvalue weighted by molar-refractivity contribution is 7.13. The summed E-state index contributed by atoms with van der Waals surface area (Å²) in [5, 5.41) is 5.38. The van der Waals surface area contributed by atoms with Crippen LogP contribution in [-0.2, 0) is 22.7 Å². The van der Waals surface area contributed by atoms with E-state index in [1.165, 1.54) is 23.5 Å². The largest absolute Gasteiger partial charge is 0.378 e. The van der Waals surface area contributed by atoms with Crippen LogP contribution in [0.25, 0.3) is 0 Å². The van der Waals surface area contributed by atoms with Gasteiger partial charge in [0, 0.05) is 19.0 Å². The number of thiazole rings is 1. The summed E-state index contributed by atoms with van der Waals surface area (Å²) in [7, 11) is 1.61. The van der Waals surface area contributed by atoms with Crippen molar-refractivity contribution in [3.63, 3.8) is 0 Å². The van der Waals surface area contributed by atoms with E-state index in [1.807, 2.05) is 5.38 Å². The van der Waals surface area contributed by atoms with E-state index >= 15 is 0 Å². The second-order valence-corrected chi connectivity index (χ2v) is 6.68. The summed E-state index contributed by atoms with van der Waals surface area (Å²) in [4.78, 5) is 19.0. The molecule has 1 fully saturated rings. The van der Waals surface area contributed by atoms with Crippen LogP contribution in [0.1, 0.15) is 24.1 Å². The molecule has 128 valence electrons. The molecule has 0 radical (unpaired) electrons. The third-order valence-electron chi connectivity index (χ3n) is 4.04. The Hall–Kier alpha value is -1.83. The standard InChI is InChI=1S/C17H20FN3O2S/c1-23-10-14-11-24-17(19-14)20-16(22)15-3-2-8-21(15)9-12-4-6-13(18)7-5-12/h4-7,11,15H,2-3,8-10H2,1H3,(H,19,20,22)/t15-/m1/s1. The number of aromatic nitrogens is 1. The number of nitrogens with one attached hydrogen (secondary N) is 1. The molecule has 0 spiro atoms. The molecule has 2 aromatic rings. The maximum atomic E-state index is 13.0. The zero-order valence-electron chi connectivity index (χ0n) is 13.5. The van der Waals surface area contributed by atoms with Crippen LogP contribution in [0.15, 0.2) is 29.6 Å². The van der Waals surface area contributed by atoms with E-state index < -0.39 is 0 Å². The van der Waals surface area contributed by atoms with Gasteiger partial charge in [0.25, 0.3) is 0 Å². The number of hydrogen-bond acceptors (Lipinski definition) is 5. The molecule has 0 aliphatic carbocycles. The Morgan fingerprint density at radius 3 is 3.00 bits per heavy atom. The SMILES string of the molecule is COCc1csc(NC(=O)[C@H]2CCCN2Cc2ccc(F)cc2)n1. The number of rotatable bonds is 6. The molecule has 1 aromatic heterocycles. The van der Waals surface area contributed by atoms with Gasteiger partial charge in [-0.25, -0.2) is 9.37 Å². The van der Waals surface area contributed by atoms with Crippen LogP contribution in [0.3, 0.4) is 0 Å². The fourth-order valence-corrected chi connectivity index (χ4v) is 3.60. The van der Waals surface area contributed by atoms with Crippen LogP contribution < -0.4 is 5.32 Å². The fourth-order valence-electron chi connectivity index (χ4n) is 2.90. The van der Waals surface area contributed by atoms with Crippen molar-refractivity contribution in [2.24, 2.45) is 0 Å². The summed E-state index contributed by atoms with van der Waals surface area (Å²) in [6.07, 6.45) is 1.80. The summed E-state index contributed by atoms with van der Waals surface area (Å²) < 4.78 is 18.0. The van der Waals surface area contributed by atoms with E-state index in [9.17, 15) is 9.18 Å². The third kappa shape index (κ3) is 4.17. The second kappa shape index (κ2) is 7.83. The molecule has 1 N–H and O–H groups in total. The Kier molecular flexibility index (Phi) is 5.55. The number of anilines is 1. The van der Waals surface area contributed by atoms with Crippen LogP contribution in [-0.4, -0.2) is 35.5 Å². The monoisotopic (exact) mass is 349 g/mol. The topological polar surface area (TPSA) is 54.5 Å². The Morgan fingerprint density at radius 1 is 1.46 bits per heavy atom. The van der Waals surface area contributed by atoms with E-state index in [1.54, 1.807) is 19.2 Å². The van der Waals surface area contributed by atoms with Gasteiger partial charge in [0.05, 0.1) is 18.3 Å². The minimum Gasteiger partial charge on any atom is -0.378 e. The average molecular weight is 349 g/mol. The molecule has 1 aromatic carbocycles. The number of methoxy groups -OCH3 is 1. The summed E-state index contributed by atoms with van der Waals surface area (Å²) in [6, 6.07) is 6.26. The van der Waals surface area contributed by atoms with Gasteiger partial charge in [-0.15, -0.1) is 11.3 Å². The van der Waals surface area contributed by atoms with Crippen molar-refractivity contribution < 1.29 is 13.9 Å². The number of carbonyl (C=O) groups excluding carboxylic acids is 1. The zero-order valence-corrected chi connectivity index (χ0v) is 14.3. The summed E-state index contributed by atoms with van der Waals surface area (Å²) in [5.74, 6) is -0.280.